The van der Waals surface area contributed by atoms with Gasteiger partial charge in [0.25, 0.3) is 0 Å². The van der Waals surface area contributed by atoms with Crippen LogP contribution in [0.4, 0.5) is 5.69 Å². The molecule has 0 saturated heterocycles. The first kappa shape index (κ1) is 11.7. The molecule has 0 amide bonds. The monoisotopic (exact) mass is 230 g/mol. The van der Waals surface area contributed by atoms with Crippen LogP contribution in [0.5, 0.6) is 0 Å². The van der Waals surface area contributed by atoms with E-state index in [1.54, 1.807) is 0 Å². The average molecular weight is 230 g/mol. The third-order valence-corrected chi connectivity index (χ3v) is 3.24. The Hall–Kier alpha value is -1.77. The van der Waals surface area contributed by atoms with E-state index in [0.717, 1.165) is 23.6 Å². The average Bonchev–Trinajstić information content (AvgIpc) is 2.62. The fraction of sp³-hybridized carbons (Fsp3) is 0.357. The quantitative estimate of drug-likeness (QED) is 0.876. The molecule has 0 saturated carbocycles. The van der Waals surface area contributed by atoms with Gasteiger partial charge in [0, 0.05) is 17.8 Å². The molecular weight excluding hydrogens is 212 g/mol. The summed E-state index contributed by atoms with van der Waals surface area (Å²) in [6.07, 6.45) is 0. The van der Waals surface area contributed by atoms with Crippen molar-refractivity contribution in [2.45, 2.75) is 34.2 Å². The Kier molecular flexibility index (Phi) is 3.18. The van der Waals surface area contributed by atoms with Crippen LogP contribution in [0.15, 0.2) is 22.7 Å². The van der Waals surface area contributed by atoms with Crippen LogP contribution in [-0.4, -0.2) is 5.16 Å². The second-order valence-electron chi connectivity index (χ2n) is 4.40. The summed E-state index contributed by atoms with van der Waals surface area (Å²) in [6.45, 7) is 8.92. The number of nitrogens with zero attached hydrogens (tertiary/aromatic N) is 1. The normalized spacial score (nSPS) is 10.6. The number of aryl methyl sites for hydroxylation is 3. The van der Waals surface area contributed by atoms with E-state index in [9.17, 15) is 0 Å². The third kappa shape index (κ3) is 2.33. The highest BCUT2D eigenvalue weighted by Gasteiger charge is 2.09. The summed E-state index contributed by atoms with van der Waals surface area (Å²) in [4.78, 5) is 0. The number of hydrogen-bond donors (Lipinski definition) is 1. The van der Waals surface area contributed by atoms with Gasteiger partial charge in [-0.15, -0.1) is 0 Å². The van der Waals surface area contributed by atoms with Crippen LogP contribution < -0.4 is 5.32 Å². The van der Waals surface area contributed by atoms with Gasteiger partial charge in [-0.25, -0.2) is 0 Å². The molecule has 1 heterocycles. The smallest absolute Gasteiger partial charge is 0.138 e. The Balaban J connectivity index is 2.15. The molecule has 17 heavy (non-hydrogen) atoms. The molecule has 1 aromatic heterocycles. The Labute approximate surface area is 102 Å². The molecule has 0 aliphatic heterocycles. The Morgan fingerprint density at radius 1 is 1.18 bits per heavy atom. The molecule has 2 aromatic rings. The van der Waals surface area contributed by atoms with Crippen molar-refractivity contribution >= 4 is 5.69 Å². The highest BCUT2D eigenvalue weighted by atomic mass is 16.5. The van der Waals surface area contributed by atoms with Crippen molar-refractivity contribution in [3.05, 3.63) is 46.3 Å². The van der Waals surface area contributed by atoms with E-state index in [-0.39, 0.29) is 0 Å². The third-order valence-electron chi connectivity index (χ3n) is 3.24. The molecular formula is C14H18N2O. The first-order valence-corrected chi connectivity index (χ1v) is 5.81. The molecule has 3 nitrogen and oxygen atoms in total. The van der Waals surface area contributed by atoms with Crippen LogP contribution in [-0.2, 0) is 6.54 Å². The van der Waals surface area contributed by atoms with Gasteiger partial charge in [-0.2, -0.15) is 0 Å². The summed E-state index contributed by atoms with van der Waals surface area (Å²) in [6, 6.07) is 6.29. The first-order chi connectivity index (χ1) is 8.09. The van der Waals surface area contributed by atoms with Crippen LogP contribution in [0.2, 0.25) is 0 Å². The van der Waals surface area contributed by atoms with E-state index in [0.29, 0.717) is 0 Å². The molecule has 0 aliphatic carbocycles. The lowest BCUT2D eigenvalue weighted by Gasteiger charge is -2.11. The van der Waals surface area contributed by atoms with Gasteiger partial charge in [-0.3, -0.25) is 0 Å². The van der Waals surface area contributed by atoms with Crippen molar-refractivity contribution < 1.29 is 4.52 Å². The predicted octanol–water partition coefficient (Wildman–Crippen LogP) is 3.52. The first-order valence-electron chi connectivity index (χ1n) is 5.81. The predicted molar refractivity (Wildman–Crippen MR) is 69.2 cm³/mol. The van der Waals surface area contributed by atoms with Crippen LogP contribution in [0.1, 0.15) is 28.1 Å². The minimum atomic E-state index is 0.755. The van der Waals surface area contributed by atoms with Gasteiger partial charge in [0.1, 0.15) is 5.76 Å². The number of benzene rings is 1. The lowest BCUT2D eigenvalue weighted by atomic mass is 10.1. The number of aromatic nitrogens is 1. The summed E-state index contributed by atoms with van der Waals surface area (Å²) >= 11 is 0. The van der Waals surface area contributed by atoms with Crippen LogP contribution in [0, 0.1) is 27.7 Å². The van der Waals surface area contributed by atoms with Crippen molar-refractivity contribution in [1.29, 1.82) is 0 Å². The molecule has 3 heteroatoms. The zero-order chi connectivity index (χ0) is 12.4. The van der Waals surface area contributed by atoms with Gasteiger partial charge >= 0.3 is 0 Å². The van der Waals surface area contributed by atoms with Gasteiger partial charge in [0.15, 0.2) is 0 Å². The molecule has 0 radical (unpaired) electrons. The number of anilines is 1. The lowest BCUT2D eigenvalue weighted by molar-refractivity contribution is 0.392. The summed E-state index contributed by atoms with van der Waals surface area (Å²) in [7, 11) is 0. The molecule has 0 spiro atoms. The molecule has 90 valence electrons. The van der Waals surface area contributed by atoms with E-state index in [1.165, 1.54) is 16.8 Å². The fourth-order valence-electron chi connectivity index (χ4n) is 1.88. The maximum absolute atomic E-state index is 5.15. The van der Waals surface area contributed by atoms with Crippen LogP contribution in [0.25, 0.3) is 0 Å². The largest absolute Gasteiger partial charge is 0.381 e. The molecule has 0 bridgehead atoms. The Bertz CT molecular complexity index is 510. The molecule has 0 atom stereocenters. The fourth-order valence-corrected chi connectivity index (χ4v) is 1.88. The second-order valence-corrected chi connectivity index (χ2v) is 4.40. The number of rotatable bonds is 3. The Morgan fingerprint density at radius 2 is 1.94 bits per heavy atom. The van der Waals surface area contributed by atoms with Crippen LogP contribution in [0.3, 0.4) is 0 Å². The lowest BCUT2D eigenvalue weighted by Crippen LogP contribution is -2.03. The number of hydrogen-bond acceptors (Lipinski definition) is 3. The second kappa shape index (κ2) is 4.62. The van der Waals surface area contributed by atoms with Crippen LogP contribution >= 0.6 is 0 Å². The van der Waals surface area contributed by atoms with E-state index in [1.807, 2.05) is 13.8 Å². The van der Waals surface area contributed by atoms with E-state index in [2.05, 4.69) is 42.5 Å². The highest BCUT2D eigenvalue weighted by Crippen LogP contribution is 2.20. The molecule has 1 N–H and O–H groups in total. The van der Waals surface area contributed by atoms with Gasteiger partial charge in [-0.1, -0.05) is 17.3 Å². The van der Waals surface area contributed by atoms with Crippen molar-refractivity contribution in [1.82, 2.24) is 5.16 Å². The van der Waals surface area contributed by atoms with E-state index >= 15 is 0 Å². The molecule has 0 fully saturated rings. The standard InChI is InChI=1S/C14H18N2O/c1-9-6-5-7-14(10(9)2)15-8-13-11(3)16-17-12(13)4/h5-7,15H,8H2,1-4H3. The topological polar surface area (TPSA) is 38.1 Å². The van der Waals surface area contributed by atoms with Crippen molar-refractivity contribution in [3.63, 3.8) is 0 Å². The molecule has 0 aliphatic rings. The zero-order valence-corrected chi connectivity index (χ0v) is 10.8. The molecule has 2 rings (SSSR count). The molecule has 0 unspecified atom stereocenters. The zero-order valence-electron chi connectivity index (χ0n) is 10.8. The van der Waals surface area contributed by atoms with Gasteiger partial charge < -0.3 is 9.84 Å². The van der Waals surface area contributed by atoms with Crippen molar-refractivity contribution in [3.8, 4) is 0 Å². The maximum atomic E-state index is 5.15. The summed E-state index contributed by atoms with van der Waals surface area (Å²) in [5.74, 6) is 0.889. The Morgan fingerprint density at radius 3 is 2.59 bits per heavy atom. The SMILES string of the molecule is Cc1cccc(NCc2c(C)noc2C)c1C. The minimum Gasteiger partial charge on any atom is -0.381 e. The summed E-state index contributed by atoms with van der Waals surface area (Å²) < 4.78 is 5.15. The van der Waals surface area contributed by atoms with Crippen molar-refractivity contribution in [2.24, 2.45) is 0 Å². The van der Waals surface area contributed by atoms with E-state index in [4.69, 9.17) is 4.52 Å². The summed E-state index contributed by atoms with van der Waals surface area (Å²) in [5.41, 5.74) is 5.87. The number of nitrogens with one attached hydrogen (secondary N) is 1. The maximum Gasteiger partial charge on any atom is 0.138 e. The van der Waals surface area contributed by atoms with Gasteiger partial charge in [0.05, 0.1) is 5.69 Å². The highest BCUT2D eigenvalue weighted by molar-refractivity contribution is 5.54. The van der Waals surface area contributed by atoms with Gasteiger partial charge in [0.2, 0.25) is 0 Å². The summed E-state index contributed by atoms with van der Waals surface area (Å²) in [5, 5.41) is 7.39. The minimum absolute atomic E-state index is 0.755. The van der Waals surface area contributed by atoms with E-state index < -0.39 is 0 Å². The van der Waals surface area contributed by atoms with Gasteiger partial charge in [-0.05, 0) is 44.9 Å². The molecule has 1 aromatic carbocycles. The van der Waals surface area contributed by atoms with Crippen molar-refractivity contribution in [2.75, 3.05) is 5.32 Å².